The van der Waals surface area contributed by atoms with Crippen LogP contribution in [0.1, 0.15) is 55.9 Å². The van der Waals surface area contributed by atoms with Crippen molar-refractivity contribution in [3.63, 3.8) is 0 Å². The zero-order valence-electron chi connectivity index (χ0n) is 22.8. The summed E-state index contributed by atoms with van der Waals surface area (Å²) in [6, 6.07) is 31.1. The van der Waals surface area contributed by atoms with Crippen LogP contribution in [0.25, 0.3) is 11.1 Å². The molecule has 0 spiro atoms. The van der Waals surface area contributed by atoms with Crippen LogP contribution in [0.15, 0.2) is 96.1 Å². The first kappa shape index (κ1) is 33.3. The SMILES string of the molecule is CC[PH+](CC)Cc1ccccc1C1C(C)=C(c2ccccc2)C(c2ccccc2)=C1C.[CH3-].[CH3-].[CH3-].[Ti+3]. The van der Waals surface area contributed by atoms with Gasteiger partial charge in [0.1, 0.15) is 0 Å². The van der Waals surface area contributed by atoms with E-state index < -0.39 is 0 Å². The zero-order chi connectivity index (χ0) is 21.8. The third-order valence-electron chi connectivity index (χ3n) is 6.84. The van der Waals surface area contributed by atoms with Gasteiger partial charge in [-0.15, -0.1) is 0 Å². The average molecular weight is 519 g/mol. The van der Waals surface area contributed by atoms with E-state index in [0.29, 0.717) is 5.92 Å². The number of hydrogen-bond donors (Lipinski definition) is 0. The second-order valence-corrected chi connectivity index (χ2v) is 11.9. The van der Waals surface area contributed by atoms with E-state index in [4.69, 9.17) is 0 Å². The molecule has 0 saturated carbocycles. The summed E-state index contributed by atoms with van der Waals surface area (Å²) in [6.07, 6.45) is 3.95. The second-order valence-electron chi connectivity index (χ2n) is 8.61. The maximum absolute atomic E-state index is 2.38. The quantitative estimate of drug-likeness (QED) is 0.166. The van der Waals surface area contributed by atoms with Crippen LogP contribution in [-0.4, -0.2) is 12.3 Å². The molecule has 3 aromatic carbocycles. The topological polar surface area (TPSA) is 0 Å². The molecule has 0 amide bonds. The molecule has 0 heterocycles. The van der Waals surface area contributed by atoms with E-state index in [1.807, 2.05) is 0 Å². The Balaban J connectivity index is 0.00000289. The first-order chi connectivity index (χ1) is 15.2. The Kier molecular flexibility index (Phi) is 14.7. The van der Waals surface area contributed by atoms with E-state index in [9.17, 15) is 0 Å². The molecule has 4 rings (SSSR count). The largest absolute Gasteiger partial charge is 3.00 e. The van der Waals surface area contributed by atoms with Gasteiger partial charge in [-0.05, 0) is 61.1 Å². The summed E-state index contributed by atoms with van der Waals surface area (Å²) < 4.78 is 0. The van der Waals surface area contributed by atoms with Gasteiger partial charge in [0.25, 0.3) is 0 Å². The molecule has 0 fully saturated rings. The molecule has 0 aromatic heterocycles. The van der Waals surface area contributed by atoms with Crippen LogP contribution in [0.4, 0.5) is 0 Å². The normalized spacial score (nSPS) is 13.1. The van der Waals surface area contributed by atoms with Crippen LogP contribution >= 0.6 is 7.92 Å². The molecule has 3 aromatic rings. The van der Waals surface area contributed by atoms with Crippen LogP contribution in [0.3, 0.4) is 0 Å². The Morgan fingerprint density at radius 3 is 1.43 bits per heavy atom. The van der Waals surface area contributed by atoms with Crippen LogP contribution in [0, 0.1) is 22.3 Å². The molecule has 0 saturated heterocycles. The van der Waals surface area contributed by atoms with Crippen molar-refractivity contribution in [3.8, 4) is 0 Å². The summed E-state index contributed by atoms with van der Waals surface area (Å²) in [7, 11) is -0.323. The smallest absolute Gasteiger partial charge is 0.358 e. The second kappa shape index (κ2) is 15.4. The molecule has 1 aliphatic rings. The molecule has 1 aliphatic carbocycles. The van der Waals surface area contributed by atoms with Gasteiger partial charge in [-0.3, -0.25) is 0 Å². The summed E-state index contributed by atoms with van der Waals surface area (Å²) in [5.74, 6) is 0.360. The zero-order valence-corrected chi connectivity index (χ0v) is 25.3. The Bertz CT molecular complexity index is 1030. The van der Waals surface area contributed by atoms with Gasteiger partial charge >= 0.3 is 21.7 Å². The van der Waals surface area contributed by atoms with Gasteiger partial charge in [0.05, 0.1) is 18.5 Å². The molecule has 0 bridgehead atoms. The minimum atomic E-state index is -0.323. The fraction of sp³-hybridized carbons (Fsp3) is 0.242. The molecule has 183 valence electrons. The van der Waals surface area contributed by atoms with Crippen molar-refractivity contribution in [1.29, 1.82) is 0 Å². The van der Waals surface area contributed by atoms with Crippen LogP contribution in [0.2, 0.25) is 0 Å². The summed E-state index contributed by atoms with van der Waals surface area (Å²) in [6.45, 7) is 9.45. The maximum atomic E-state index is 2.38. The van der Waals surface area contributed by atoms with E-state index in [2.05, 4.69) is 113 Å². The van der Waals surface area contributed by atoms with Gasteiger partial charge in [0.2, 0.25) is 0 Å². The molecule has 0 unspecified atom stereocenters. The first-order valence-corrected chi connectivity index (χ1v) is 13.7. The summed E-state index contributed by atoms with van der Waals surface area (Å²) >= 11 is 0. The summed E-state index contributed by atoms with van der Waals surface area (Å²) in [5.41, 5.74) is 11.5. The number of benzene rings is 3. The Morgan fingerprint density at radius 1 is 0.600 bits per heavy atom. The van der Waals surface area contributed by atoms with Crippen LogP contribution in [-0.2, 0) is 27.9 Å². The van der Waals surface area contributed by atoms with E-state index in [1.165, 1.54) is 57.5 Å². The van der Waals surface area contributed by atoms with Crippen molar-refractivity contribution in [2.45, 2.75) is 39.8 Å². The van der Waals surface area contributed by atoms with Gasteiger partial charge in [0.15, 0.2) is 0 Å². The standard InChI is InChI=1S/C30H33P.3CH3.Ti/c1-5-31(6-2)21-26-19-13-14-20-27(26)28-22(3)29(24-15-9-7-10-16-24)30(23(28)4)25-17-11-8-12-18-25;;;;/h7-20,28H,5-6,21H2,1-4H3;3*1H3;/q;3*-1;+3/p+1. The molecular weight excluding hydrogens is 475 g/mol. The van der Waals surface area contributed by atoms with Gasteiger partial charge in [0, 0.05) is 13.8 Å². The van der Waals surface area contributed by atoms with Crippen molar-refractivity contribution in [1.82, 2.24) is 0 Å². The third kappa shape index (κ3) is 6.95. The van der Waals surface area contributed by atoms with Crippen molar-refractivity contribution >= 4 is 19.1 Å². The van der Waals surface area contributed by atoms with Gasteiger partial charge in [-0.1, -0.05) is 96.1 Å². The molecule has 0 N–H and O–H groups in total. The first-order valence-electron chi connectivity index (χ1n) is 11.6. The van der Waals surface area contributed by atoms with Crippen molar-refractivity contribution in [3.05, 3.63) is 141 Å². The minimum Gasteiger partial charge on any atom is -0.358 e. The van der Waals surface area contributed by atoms with Gasteiger partial charge in [-0.2, -0.15) is 0 Å². The predicted molar refractivity (Wildman–Crippen MR) is 160 cm³/mol. The summed E-state index contributed by atoms with van der Waals surface area (Å²) in [5, 5.41) is 0. The Morgan fingerprint density at radius 2 is 1.00 bits per heavy atom. The predicted octanol–water partition coefficient (Wildman–Crippen LogP) is 9.83. The minimum absolute atomic E-state index is 0. The third-order valence-corrected chi connectivity index (χ3v) is 9.72. The van der Waals surface area contributed by atoms with Crippen molar-refractivity contribution < 1.29 is 21.7 Å². The number of hydrogen-bond acceptors (Lipinski definition) is 0. The van der Waals surface area contributed by atoms with Gasteiger partial charge in [-0.25, -0.2) is 0 Å². The summed E-state index contributed by atoms with van der Waals surface area (Å²) in [4.78, 5) is 0. The maximum Gasteiger partial charge on any atom is 3.00 e. The Hall–Kier alpha value is -1.72. The van der Waals surface area contributed by atoms with Gasteiger partial charge < -0.3 is 22.3 Å². The van der Waals surface area contributed by atoms with Crippen LogP contribution < -0.4 is 0 Å². The Labute approximate surface area is 232 Å². The molecule has 0 nitrogen and oxygen atoms in total. The van der Waals surface area contributed by atoms with Crippen LogP contribution in [0.5, 0.6) is 0 Å². The van der Waals surface area contributed by atoms with Crippen molar-refractivity contribution in [2.75, 3.05) is 12.3 Å². The molecule has 1 radical (unpaired) electrons. The molecule has 0 atom stereocenters. The van der Waals surface area contributed by atoms with E-state index in [0.717, 1.165) is 0 Å². The van der Waals surface area contributed by atoms with E-state index >= 15 is 0 Å². The fourth-order valence-corrected chi connectivity index (χ4v) is 7.03. The monoisotopic (exact) mass is 518 g/mol. The molecule has 0 aliphatic heterocycles. The molecule has 2 heteroatoms. The number of allylic oxidation sites excluding steroid dienone is 4. The molecule has 35 heavy (non-hydrogen) atoms. The van der Waals surface area contributed by atoms with E-state index in [1.54, 1.807) is 5.56 Å². The average Bonchev–Trinajstić information content (AvgIpc) is 3.08. The number of rotatable bonds is 7. The van der Waals surface area contributed by atoms with E-state index in [-0.39, 0.29) is 51.9 Å². The fourth-order valence-electron chi connectivity index (χ4n) is 5.17. The molecular formula is C33H43PTi+. The van der Waals surface area contributed by atoms with Crippen molar-refractivity contribution in [2.24, 2.45) is 0 Å².